The number of nitrogens with one attached hydrogen (secondary N) is 1. The molecule has 2 aromatic rings. The molecule has 0 heterocycles. The van der Waals surface area contributed by atoms with Crippen LogP contribution < -0.4 is 9.62 Å². The van der Waals surface area contributed by atoms with Gasteiger partial charge in [-0.2, -0.15) is 0 Å². The van der Waals surface area contributed by atoms with E-state index in [1.165, 1.54) is 10.4 Å². The second-order valence-electron chi connectivity index (χ2n) is 5.09. The zero-order chi connectivity index (χ0) is 17.7. The van der Waals surface area contributed by atoms with Crippen LogP contribution in [0.15, 0.2) is 61.2 Å². The SMILES string of the molecule is C=CCN(c1ccc(C(=O)Nc2ccc(Cl)cc2)cc1)S(C)(=O)=O. The minimum Gasteiger partial charge on any atom is -0.322 e. The van der Waals surface area contributed by atoms with Gasteiger partial charge >= 0.3 is 0 Å². The van der Waals surface area contributed by atoms with E-state index in [0.29, 0.717) is 22.0 Å². The molecule has 0 unspecified atom stereocenters. The summed E-state index contributed by atoms with van der Waals surface area (Å²) in [5.41, 5.74) is 1.51. The lowest BCUT2D eigenvalue weighted by Gasteiger charge is -2.20. The van der Waals surface area contributed by atoms with Gasteiger partial charge in [-0.1, -0.05) is 17.7 Å². The molecule has 1 amide bonds. The van der Waals surface area contributed by atoms with E-state index in [-0.39, 0.29) is 12.5 Å². The van der Waals surface area contributed by atoms with E-state index in [1.54, 1.807) is 48.5 Å². The Labute approximate surface area is 146 Å². The molecule has 0 aromatic heterocycles. The zero-order valence-electron chi connectivity index (χ0n) is 13.1. The monoisotopic (exact) mass is 364 g/mol. The average molecular weight is 365 g/mol. The number of halogens is 1. The largest absolute Gasteiger partial charge is 0.322 e. The smallest absolute Gasteiger partial charge is 0.255 e. The van der Waals surface area contributed by atoms with Crippen LogP contribution in [0.25, 0.3) is 0 Å². The van der Waals surface area contributed by atoms with E-state index in [1.807, 2.05) is 0 Å². The highest BCUT2D eigenvalue weighted by atomic mass is 35.5. The van der Waals surface area contributed by atoms with Gasteiger partial charge in [-0.25, -0.2) is 8.42 Å². The van der Waals surface area contributed by atoms with Crippen molar-refractivity contribution in [2.75, 3.05) is 22.4 Å². The molecule has 0 aliphatic rings. The minimum absolute atomic E-state index is 0.162. The number of hydrogen-bond donors (Lipinski definition) is 1. The summed E-state index contributed by atoms with van der Waals surface area (Å²) in [6, 6.07) is 13.1. The maximum atomic E-state index is 12.2. The number of nitrogens with zero attached hydrogens (tertiary/aromatic N) is 1. The standard InChI is InChI=1S/C17H17ClN2O3S/c1-3-12-20(24(2,22)23)16-10-4-13(5-11-16)17(21)19-15-8-6-14(18)7-9-15/h3-11H,1,12H2,2H3,(H,19,21). The summed E-state index contributed by atoms with van der Waals surface area (Å²) in [5.74, 6) is -0.293. The summed E-state index contributed by atoms with van der Waals surface area (Å²) in [5, 5.41) is 3.33. The average Bonchev–Trinajstić information content (AvgIpc) is 2.54. The van der Waals surface area contributed by atoms with Crippen LogP contribution in [0.3, 0.4) is 0 Å². The Hall–Kier alpha value is -2.31. The van der Waals surface area contributed by atoms with E-state index in [9.17, 15) is 13.2 Å². The molecule has 0 aliphatic carbocycles. The number of anilines is 2. The van der Waals surface area contributed by atoms with Gasteiger partial charge in [0.05, 0.1) is 18.5 Å². The lowest BCUT2D eigenvalue weighted by Crippen LogP contribution is -2.29. The third kappa shape index (κ3) is 4.59. The number of rotatable bonds is 6. The first-order valence-electron chi connectivity index (χ1n) is 7.07. The Balaban J connectivity index is 2.17. The van der Waals surface area contributed by atoms with Gasteiger partial charge in [0.25, 0.3) is 5.91 Å². The summed E-state index contributed by atoms with van der Waals surface area (Å²) in [7, 11) is -3.42. The molecular formula is C17H17ClN2O3S. The molecule has 2 rings (SSSR count). The van der Waals surface area contributed by atoms with Crippen molar-refractivity contribution in [3.05, 3.63) is 71.8 Å². The van der Waals surface area contributed by atoms with Crippen LogP contribution in [-0.2, 0) is 10.0 Å². The summed E-state index contributed by atoms with van der Waals surface area (Å²) < 4.78 is 24.8. The van der Waals surface area contributed by atoms with E-state index in [2.05, 4.69) is 11.9 Å². The lowest BCUT2D eigenvalue weighted by molar-refractivity contribution is 0.102. The predicted octanol–water partition coefficient (Wildman–Crippen LogP) is 3.54. The third-order valence-electron chi connectivity index (χ3n) is 3.21. The highest BCUT2D eigenvalue weighted by Gasteiger charge is 2.16. The second kappa shape index (κ2) is 7.51. The molecule has 0 bridgehead atoms. The fourth-order valence-corrected chi connectivity index (χ4v) is 3.07. The minimum atomic E-state index is -3.42. The summed E-state index contributed by atoms with van der Waals surface area (Å²) >= 11 is 5.80. The zero-order valence-corrected chi connectivity index (χ0v) is 14.6. The Morgan fingerprint density at radius 1 is 1.17 bits per heavy atom. The Kier molecular flexibility index (Phi) is 5.64. The topological polar surface area (TPSA) is 66.5 Å². The molecule has 7 heteroatoms. The Morgan fingerprint density at radius 3 is 2.25 bits per heavy atom. The number of sulfonamides is 1. The van der Waals surface area contributed by atoms with Crippen LogP contribution in [0.4, 0.5) is 11.4 Å². The van der Waals surface area contributed by atoms with Crippen LogP contribution in [0, 0.1) is 0 Å². The van der Waals surface area contributed by atoms with Crippen molar-refractivity contribution in [1.29, 1.82) is 0 Å². The molecule has 0 aliphatic heterocycles. The van der Waals surface area contributed by atoms with Crippen LogP contribution in [-0.4, -0.2) is 27.1 Å². The fraction of sp³-hybridized carbons (Fsp3) is 0.118. The van der Waals surface area contributed by atoms with Crippen molar-refractivity contribution < 1.29 is 13.2 Å². The summed E-state index contributed by atoms with van der Waals surface area (Å²) in [6.07, 6.45) is 2.62. The lowest BCUT2D eigenvalue weighted by atomic mass is 10.2. The molecule has 24 heavy (non-hydrogen) atoms. The number of carbonyl (C=O) groups is 1. The molecule has 1 N–H and O–H groups in total. The van der Waals surface area contributed by atoms with E-state index in [4.69, 9.17) is 11.6 Å². The van der Waals surface area contributed by atoms with E-state index < -0.39 is 10.0 Å². The fourth-order valence-electron chi connectivity index (χ4n) is 2.07. The van der Waals surface area contributed by atoms with Crippen molar-refractivity contribution in [1.82, 2.24) is 0 Å². The van der Waals surface area contributed by atoms with Crippen molar-refractivity contribution in [3.63, 3.8) is 0 Å². The molecule has 126 valence electrons. The summed E-state index contributed by atoms with van der Waals surface area (Å²) in [4.78, 5) is 12.2. The van der Waals surface area contributed by atoms with Crippen LogP contribution in [0.2, 0.25) is 5.02 Å². The first kappa shape index (κ1) is 18.0. The molecule has 0 saturated heterocycles. The highest BCUT2D eigenvalue weighted by molar-refractivity contribution is 7.92. The quantitative estimate of drug-likeness (QED) is 0.797. The molecule has 0 radical (unpaired) electrons. The van der Waals surface area contributed by atoms with Crippen LogP contribution in [0.1, 0.15) is 10.4 Å². The van der Waals surface area contributed by atoms with Crippen LogP contribution in [0.5, 0.6) is 0 Å². The number of benzene rings is 2. The van der Waals surface area contributed by atoms with Gasteiger partial charge in [-0.05, 0) is 48.5 Å². The van der Waals surface area contributed by atoms with Gasteiger partial charge in [-0.15, -0.1) is 6.58 Å². The van der Waals surface area contributed by atoms with E-state index >= 15 is 0 Å². The molecule has 2 aromatic carbocycles. The Bertz CT molecular complexity index is 831. The maximum absolute atomic E-state index is 12.2. The molecule has 0 saturated carbocycles. The van der Waals surface area contributed by atoms with Gasteiger partial charge in [0.1, 0.15) is 0 Å². The van der Waals surface area contributed by atoms with Crippen LogP contribution >= 0.6 is 11.6 Å². The molecule has 5 nitrogen and oxygen atoms in total. The Morgan fingerprint density at radius 2 is 1.75 bits per heavy atom. The number of amides is 1. The first-order valence-corrected chi connectivity index (χ1v) is 9.29. The van der Waals surface area contributed by atoms with Gasteiger partial charge in [0, 0.05) is 16.3 Å². The number of carbonyl (C=O) groups excluding carboxylic acids is 1. The van der Waals surface area contributed by atoms with Crippen molar-refractivity contribution in [2.45, 2.75) is 0 Å². The molecule has 0 fully saturated rings. The summed E-state index contributed by atoms with van der Waals surface area (Å²) in [6.45, 7) is 3.72. The maximum Gasteiger partial charge on any atom is 0.255 e. The van der Waals surface area contributed by atoms with Crippen molar-refractivity contribution >= 4 is 38.9 Å². The van der Waals surface area contributed by atoms with E-state index in [0.717, 1.165) is 6.26 Å². The second-order valence-corrected chi connectivity index (χ2v) is 7.43. The van der Waals surface area contributed by atoms with Gasteiger partial charge in [-0.3, -0.25) is 9.10 Å². The van der Waals surface area contributed by atoms with Crippen molar-refractivity contribution in [2.24, 2.45) is 0 Å². The normalized spacial score (nSPS) is 10.9. The van der Waals surface area contributed by atoms with Crippen molar-refractivity contribution in [3.8, 4) is 0 Å². The predicted molar refractivity (Wildman–Crippen MR) is 98.2 cm³/mol. The van der Waals surface area contributed by atoms with Gasteiger partial charge < -0.3 is 5.32 Å². The van der Waals surface area contributed by atoms with Gasteiger partial charge in [0.15, 0.2) is 0 Å². The highest BCUT2D eigenvalue weighted by Crippen LogP contribution is 2.19. The third-order valence-corrected chi connectivity index (χ3v) is 4.63. The molecule has 0 spiro atoms. The molecular weight excluding hydrogens is 348 g/mol. The van der Waals surface area contributed by atoms with Gasteiger partial charge in [0.2, 0.25) is 10.0 Å². The first-order chi connectivity index (χ1) is 11.3. The number of hydrogen-bond acceptors (Lipinski definition) is 3. The molecule has 0 atom stereocenters.